The van der Waals surface area contributed by atoms with Crippen LogP contribution in [0.5, 0.6) is 0 Å². The number of rotatable bonds is 2. The third-order valence-electron chi connectivity index (χ3n) is 5.64. The predicted molar refractivity (Wildman–Crippen MR) is 99.7 cm³/mol. The lowest BCUT2D eigenvalue weighted by molar-refractivity contribution is -0.168. The largest absolute Gasteiger partial charge is 0.416 e. The second-order valence-corrected chi connectivity index (χ2v) is 7.86. The molecule has 0 aliphatic carbocycles. The van der Waals surface area contributed by atoms with Gasteiger partial charge in [-0.2, -0.15) is 13.2 Å². The van der Waals surface area contributed by atoms with Gasteiger partial charge >= 0.3 is 6.18 Å². The summed E-state index contributed by atoms with van der Waals surface area (Å²) in [7, 11) is 0. The molecule has 3 atom stereocenters. The average Bonchev–Trinajstić information content (AvgIpc) is 2.83. The number of anilines is 1. The van der Waals surface area contributed by atoms with Crippen LogP contribution in [0.15, 0.2) is 48.5 Å². The molecule has 28 heavy (non-hydrogen) atoms. The molecule has 2 aliphatic heterocycles. The molecule has 0 unspecified atom stereocenters. The van der Waals surface area contributed by atoms with E-state index in [0.717, 1.165) is 18.1 Å². The summed E-state index contributed by atoms with van der Waals surface area (Å²) in [6.45, 7) is 3.88. The summed E-state index contributed by atoms with van der Waals surface area (Å²) < 4.78 is 46.5. The predicted octanol–water partition coefficient (Wildman–Crippen LogP) is 5.28. The van der Waals surface area contributed by atoms with E-state index < -0.39 is 17.3 Å². The molecule has 148 valence electrons. The van der Waals surface area contributed by atoms with Crippen molar-refractivity contribution >= 4 is 11.6 Å². The maximum absolute atomic E-state index is 13.5. The van der Waals surface area contributed by atoms with Gasteiger partial charge in [-0.05, 0) is 43.4 Å². The number of alkyl halides is 3. The van der Waals surface area contributed by atoms with Crippen LogP contribution in [-0.4, -0.2) is 12.0 Å². The molecule has 0 bridgehead atoms. The number of fused-ring (bicyclic) bond motifs is 2. The Kier molecular flexibility index (Phi) is 4.49. The Bertz CT molecular complexity index is 899. The Morgan fingerprint density at radius 2 is 1.79 bits per heavy atom. The number of carbonyl (C=O) groups excluding carboxylic acids is 1. The quantitative estimate of drug-likeness (QED) is 0.699. The van der Waals surface area contributed by atoms with E-state index in [4.69, 9.17) is 4.74 Å². The molecule has 0 saturated carbocycles. The average molecular weight is 389 g/mol. The zero-order chi connectivity index (χ0) is 20.1. The number of ether oxygens (including phenoxy) is 1. The standard InChI is InChI=1S/C22H22F3NO2/c1-14-11-15(2)28-21(12-14)18-9-5-6-10-19(18)26(20(21)27)13-16-7-3-4-8-17(16)22(23,24)25/h3-10,14-15H,11-13H2,1-2H3/t14-,15+,21+/m0/s1. The van der Waals surface area contributed by atoms with Crippen LogP contribution in [0, 0.1) is 5.92 Å². The summed E-state index contributed by atoms with van der Waals surface area (Å²) in [4.78, 5) is 15.0. The Hall–Kier alpha value is -2.34. The molecule has 2 aliphatic rings. The summed E-state index contributed by atoms with van der Waals surface area (Å²) >= 11 is 0. The monoisotopic (exact) mass is 389 g/mol. The minimum absolute atomic E-state index is 0.0760. The maximum Gasteiger partial charge on any atom is 0.416 e. The zero-order valence-electron chi connectivity index (χ0n) is 15.8. The highest BCUT2D eigenvalue weighted by atomic mass is 19.4. The molecule has 3 nitrogen and oxygen atoms in total. The summed E-state index contributed by atoms with van der Waals surface area (Å²) in [5, 5.41) is 0. The van der Waals surface area contributed by atoms with Crippen LogP contribution < -0.4 is 4.90 Å². The number of nitrogens with zero attached hydrogens (tertiary/aromatic N) is 1. The van der Waals surface area contributed by atoms with E-state index in [1.807, 2.05) is 19.1 Å². The van der Waals surface area contributed by atoms with Crippen molar-refractivity contribution in [3.05, 3.63) is 65.2 Å². The van der Waals surface area contributed by atoms with E-state index in [0.29, 0.717) is 12.1 Å². The van der Waals surface area contributed by atoms with Gasteiger partial charge in [0.1, 0.15) is 0 Å². The maximum atomic E-state index is 13.5. The fourth-order valence-corrected chi connectivity index (χ4v) is 4.65. The van der Waals surface area contributed by atoms with Crippen molar-refractivity contribution in [1.82, 2.24) is 0 Å². The molecule has 6 heteroatoms. The molecule has 0 N–H and O–H groups in total. The van der Waals surface area contributed by atoms with Crippen molar-refractivity contribution in [3.63, 3.8) is 0 Å². The fourth-order valence-electron chi connectivity index (χ4n) is 4.65. The highest BCUT2D eigenvalue weighted by molar-refractivity contribution is 6.07. The van der Waals surface area contributed by atoms with E-state index in [1.165, 1.54) is 17.0 Å². The zero-order valence-corrected chi connectivity index (χ0v) is 15.8. The summed E-state index contributed by atoms with van der Waals surface area (Å²) in [6.07, 6.45) is -3.18. The van der Waals surface area contributed by atoms with Gasteiger partial charge in [-0.15, -0.1) is 0 Å². The second-order valence-electron chi connectivity index (χ2n) is 7.86. The number of para-hydroxylation sites is 1. The Balaban J connectivity index is 1.78. The number of hydrogen-bond donors (Lipinski definition) is 0. The normalized spacial score (nSPS) is 27.3. The van der Waals surface area contributed by atoms with Gasteiger partial charge in [-0.1, -0.05) is 43.3 Å². The van der Waals surface area contributed by atoms with E-state index in [-0.39, 0.29) is 30.0 Å². The Morgan fingerprint density at radius 1 is 1.11 bits per heavy atom. The van der Waals surface area contributed by atoms with Crippen LogP contribution in [0.25, 0.3) is 0 Å². The van der Waals surface area contributed by atoms with Gasteiger partial charge in [-0.25, -0.2) is 0 Å². The van der Waals surface area contributed by atoms with Gasteiger partial charge in [-0.3, -0.25) is 4.79 Å². The minimum atomic E-state index is -4.47. The third-order valence-corrected chi connectivity index (χ3v) is 5.64. The SMILES string of the molecule is C[C@H]1C[C@@H](C)O[C@@]2(C1)C(=O)N(Cc1ccccc1C(F)(F)F)c1ccccc12. The molecule has 2 aromatic rings. The summed E-state index contributed by atoms with van der Waals surface area (Å²) in [6, 6.07) is 12.7. The first kappa shape index (κ1) is 19.0. The first-order chi connectivity index (χ1) is 13.2. The molecule has 1 fully saturated rings. The molecule has 1 spiro atoms. The number of amides is 1. The van der Waals surface area contributed by atoms with Crippen molar-refractivity contribution in [1.29, 1.82) is 0 Å². The van der Waals surface area contributed by atoms with Crippen molar-refractivity contribution in [3.8, 4) is 0 Å². The Labute approximate surface area is 162 Å². The van der Waals surface area contributed by atoms with E-state index >= 15 is 0 Å². The molecule has 0 radical (unpaired) electrons. The molecule has 1 saturated heterocycles. The first-order valence-corrected chi connectivity index (χ1v) is 9.47. The fraction of sp³-hybridized carbons (Fsp3) is 0.409. The smallest absolute Gasteiger partial charge is 0.357 e. The van der Waals surface area contributed by atoms with Crippen molar-refractivity contribution in [2.75, 3.05) is 4.90 Å². The number of carbonyl (C=O) groups is 1. The van der Waals surface area contributed by atoms with Gasteiger partial charge in [0.15, 0.2) is 5.60 Å². The van der Waals surface area contributed by atoms with Crippen LogP contribution >= 0.6 is 0 Å². The highest BCUT2D eigenvalue weighted by Gasteiger charge is 2.55. The van der Waals surface area contributed by atoms with Crippen LogP contribution in [0.2, 0.25) is 0 Å². The second kappa shape index (κ2) is 6.62. The molecular formula is C22H22F3NO2. The molecule has 0 aromatic heterocycles. The molecule has 1 amide bonds. The lowest BCUT2D eigenvalue weighted by atomic mass is 9.81. The van der Waals surface area contributed by atoms with E-state index in [2.05, 4.69) is 6.92 Å². The lowest BCUT2D eigenvalue weighted by Gasteiger charge is -2.39. The summed E-state index contributed by atoms with van der Waals surface area (Å²) in [5.41, 5.74) is -0.366. The number of halogens is 3. The molecule has 2 heterocycles. The number of benzene rings is 2. The summed E-state index contributed by atoms with van der Waals surface area (Å²) in [5.74, 6) is 0.00671. The van der Waals surface area contributed by atoms with Crippen LogP contribution in [-0.2, 0) is 27.9 Å². The minimum Gasteiger partial charge on any atom is -0.357 e. The van der Waals surface area contributed by atoms with Crippen LogP contribution in [0.4, 0.5) is 18.9 Å². The first-order valence-electron chi connectivity index (χ1n) is 9.47. The lowest BCUT2D eigenvalue weighted by Crippen LogP contribution is -2.48. The van der Waals surface area contributed by atoms with Crippen molar-refractivity contribution in [2.45, 2.75) is 51.1 Å². The molecule has 4 rings (SSSR count). The van der Waals surface area contributed by atoms with Gasteiger partial charge in [0, 0.05) is 5.56 Å². The topological polar surface area (TPSA) is 29.5 Å². The van der Waals surface area contributed by atoms with Crippen molar-refractivity contribution in [2.24, 2.45) is 5.92 Å². The van der Waals surface area contributed by atoms with Gasteiger partial charge in [0.05, 0.1) is 23.9 Å². The number of hydrogen-bond acceptors (Lipinski definition) is 2. The van der Waals surface area contributed by atoms with Gasteiger partial charge < -0.3 is 9.64 Å². The van der Waals surface area contributed by atoms with E-state index in [1.54, 1.807) is 18.2 Å². The van der Waals surface area contributed by atoms with Crippen LogP contribution in [0.1, 0.15) is 43.4 Å². The van der Waals surface area contributed by atoms with Gasteiger partial charge in [0.25, 0.3) is 5.91 Å². The van der Waals surface area contributed by atoms with Crippen molar-refractivity contribution < 1.29 is 22.7 Å². The van der Waals surface area contributed by atoms with Crippen LogP contribution in [0.3, 0.4) is 0 Å². The highest BCUT2D eigenvalue weighted by Crippen LogP contribution is 2.50. The molecule has 2 aromatic carbocycles. The van der Waals surface area contributed by atoms with E-state index in [9.17, 15) is 18.0 Å². The Morgan fingerprint density at radius 3 is 2.50 bits per heavy atom. The van der Waals surface area contributed by atoms with Gasteiger partial charge in [0.2, 0.25) is 0 Å². The third kappa shape index (κ3) is 3.00. The molecular weight excluding hydrogens is 367 g/mol.